The molecule has 5 nitrogen and oxygen atoms in total. The van der Waals surface area contributed by atoms with Gasteiger partial charge in [0.05, 0.1) is 22.6 Å². The summed E-state index contributed by atoms with van der Waals surface area (Å²) in [5, 5.41) is 0.926. The van der Waals surface area contributed by atoms with E-state index in [4.69, 9.17) is 0 Å². The first-order chi connectivity index (χ1) is 12.7. The number of amides is 1. The van der Waals surface area contributed by atoms with Crippen molar-refractivity contribution in [3.8, 4) is 0 Å². The van der Waals surface area contributed by atoms with Gasteiger partial charge < -0.3 is 14.9 Å². The number of nitrogens with one attached hydrogen (secondary N) is 2. The van der Waals surface area contributed by atoms with E-state index in [0.717, 1.165) is 29.6 Å². The van der Waals surface area contributed by atoms with Crippen LogP contribution in [0.5, 0.6) is 0 Å². The smallest absolute Gasteiger partial charge is 0.256 e. The van der Waals surface area contributed by atoms with Gasteiger partial charge in [0, 0.05) is 23.6 Å². The summed E-state index contributed by atoms with van der Waals surface area (Å²) in [6.45, 7) is 0.689. The molecule has 0 bridgehead atoms. The van der Waals surface area contributed by atoms with Crippen LogP contribution < -0.4 is 0 Å². The normalized spacial score (nSPS) is 17.4. The molecule has 3 heterocycles. The second kappa shape index (κ2) is 5.69. The van der Waals surface area contributed by atoms with Gasteiger partial charge in [0.25, 0.3) is 5.91 Å². The lowest BCUT2D eigenvalue weighted by atomic mass is 10.1. The quantitative estimate of drug-likeness (QED) is 0.571. The topological polar surface area (TPSA) is 64.8 Å². The molecule has 1 aliphatic heterocycles. The Morgan fingerprint density at radius 1 is 1.19 bits per heavy atom. The van der Waals surface area contributed by atoms with Crippen molar-refractivity contribution in [2.75, 3.05) is 6.54 Å². The molecule has 6 heteroatoms. The Bertz CT molecular complexity index is 1130. The highest BCUT2D eigenvalue weighted by molar-refractivity contribution is 6.06. The maximum Gasteiger partial charge on any atom is 0.256 e. The number of fused-ring (bicyclic) bond motifs is 2. The standard InChI is InChI=1S/C20H17FN4O/c21-12-7-8-16-17(10-12)24-19(23-16)18-6-3-9-25(18)20(26)14-11-22-15-5-2-1-4-13(14)15/h1-2,4-5,7-8,10-11,18,22H,3,6,9H2,(H,23,24). The lowest BCUT2D eigenvalue weighted by Crippen LogP contribution is -2.31. The van der Waals surface area contributed by atoms with Crippen molar-refractivity contribution in [3.05, 3.63) is 65.9 Å². The van der Waals surface area contributed by atoms with Crippen LogP contribution in [0.3, 0.4) is 0 Å². The van der Waals surface area contributed by atoms with Crippen LogP contribution >= 0.6 is 0 Å². The SMILES string of the molecule is O=C(c1c[nH]c2ccccc12)N1CCCC1c1nc2ccc(F)cc2[nH]1. The summed E-state index contributed by atoms with van der Waals surface area (Å²) < 4.78 is 13.4. The Labute approximate surface area is 148 Å². The molecule has 1 unspecified atom stereocenters. The predicted octanol–water partition coefficient (Wildman–Crippen LogP) is 4.16. The molecule has 0 aliphatic carbocycles. The molecule has 0 radical (unpaired) electrons. The maximum atomic E-state index is 13.4. The zero-order valence-corrected chi connectivity index (χ0v) is 14.0. The molecule has 1 fully saturated rings. The number of carbonyl (C=O) groups excluding carboxylic acids is 1. The number of H-pyrrole nitrogens is 2. The highest BCUT2D eigenvalue weighted by Gasteiger charge is 2.33. The van der Waals surface area contributed by atoms with Crippen molar-refractivity contribution in [3.63, 3.8) is 0 Å². The van der Waals surface area contributed by atoms with Gasteiger partial charge in [0.15, 0.2) is 0 Å². The molecule has 0 saturated carbocycles. The van der Waals surface area contributed by atoms with E-state index in [2.05, 4.69) is 15.0 Å². The number of nitrogens with zero attached hydrogens (tertiary/aromatic N) is 2. The number of aromatic nitrogens is 3. The van der Waals surface area contributed by atoms with Crippen molar-refractivity contribution in [1.82, 2.24) is 19.9 Å². The molecule has 2 aromatic heterocycles. The van der Waals surface area contributed by atoms with Crippen LogP contribution in [0.25, 0.3) is 21.9 Å². The summed E-state index contributed by atoms with van der Waals surface area (Å²) in [4.78, 5) is 26.0. The monoisotopic (exact) mass is 348 g/mol. The number of benzene rings is 2. The molecule has 1 amide bonds. The number of aromatic amines is 2. The first-order valence-electron chi connectivity index (χ1n) is 8.73. The Morgan fingerprint density at radius 3 is 3.00 bits per heavy atom. The van der Waals surface area contributed by atoms with Gasteiger partial charge in [0.2, 0.25) is 0 Å². The molecule has 2 N–H and O–H groups in total. The number of hydrogen-bond acceptors (Lipinski definition) is 2. The van der Waals surface area contributed by atoms with Gasteiger partial charge in [-0.2, -0.15) is 0 Å². The van der Waals surface area contributed by atoms with Gasteiger partial charge in [-0.3, -0.25) is 4.79 Å². The van der Waals surface area contributed by atoms with Crippen LogP contribution in [0.2, 0.25) is 0 Å². The summed E-state index contributed by atoms with van der Waals surface area (Å²) in [6, 6.07) is 12.2. The van der Waals surface area contributed by atoms with Crippen LogP contribution in [0.4, 0.5) is 4.39 Å². The highest BCUT2D eigenvalue weighted by Crippen LogP contribution is 2.33. The zero-order chi connectivity index (χ0) is 17.7. The lowest BCUT2D eigenvalue weighted by molar-refractivity contribution is 0.0732. The second-order valence-electron chi connectivity index (χ2n) is 6.69. The Hall–Kier alpha value is -3.15. The minimum absolute atomic E-state index is 0.00316. The maximum absolute atomic E-state index is 13.4. The minimum Gasteiger partial charge on any atom is -0.360 e. The average Bonchev–Trinajstić information content (AvgIpc) is 3.37. The van der Waals surface area contributed by atoms with Crippen LogP contribution in [0.15, 0.2) is 48.7 Å². The number of carbonyl (C=O) groups is 1. The molecule has 130 valence electrons. The number of imidazole rings is 1. The van der Waals surface area contributed by atoms with E-state index in [1.54, 1.807) is 12.3 Å². The third kappa shape index (κ3) is 2.29. The summed E-state index contributed by atoms with van der Waals surface area (Å²) in [5.74, 6) is 0.415. The van der Waals surface area contributed by atoms with Gasteiger partial charge >= 0.3 is 0 Å². The fraction of sp³-hybridized carbons (Fsp3) is 0.200. The summed E-state index contributed by atoms with van der Waals surface area (Å²) in [5.41, 5.74) is 3.00. The first kappa shape index (κ1) is 15.1. The number of para-hydroxylation sites is 1. The number of rotatable bonds is 2. The molecule has 1 atom stereocenters. The lowest BCUT2D eigenvalue weighted by Gasteiger charge is -2.23. The van der Waals surface area contributed by atoms with Crippen molar-refractivity contribution in [1.29, 1.82) is 0 Å². The van der Waals surface area contributed by atoms with E-state index in [9.17, 15) is 9.18 Å². The number of likely N-dealkylation sites (tertiary alicyclic amines) is 1. The van der Waals surface area contributed by atoms with Gasteiger partial charge in [-0.25, -0.2) is 9.37 Å². The molecule has 1 aliphatic rings. The summed E-state index contributed by atoms with van der Waals surface area (Å²) >= 11 is 0. The predicted molar refractivity (Wildman–Crippen MR) is 97.4 cm³/mol. The fourth-order valence-electron chi connectivity index (χ4n) is 3.86. The van der Waals surface area contributed by atoms with Crippen LogP contribution in [0.1, 0.15) is 35.1 Å². The number of hydrogen-bond donors (Lipinski definition) is 2. The molecule has 0 spiro atoms. The van der Waals surface area contributed by atoms with Crippen molar-refractivity contribution >= 4 is 27.8 Å². The van der Waals surface area contributed by atoms with E-state index in [-0.39, 0.29) is 17.8 Å². The first-order valence-corrected chi connectivity index (χ1v) is 8.73. The Balaban J connectivity index is 1.52. The van der Waals surface area contributed by atoms with Crippen LogP contribution in [-0.2, 0) is 0 Å². The molecule has 2 aromatic carbocycles. The third-order valence-electron chi connectivity index (χ3n) is 5.11. The van der Waals surface area contributed by atoms with Gasteiger partial charge in [0.1, 0.15) is 11.6 Å². The van der Waals surface area contributed by atoms with Gasteiger partial charge in [-0.15, -0.1) is 0 Å². The summed E-state index contributed by atoms with van der Waals surface area (Å²) in [6.07, 6.45) is 3.54. The molecule has 26 heavy (non-hydrogen) atoms. The number of halogens is 1. The molecule has 5 rings (SSSR count). The minimum atomic E-state index is -0.300. The molecule has 1 saturated heterocycles. The van der Waals surface area contributed by atoms with E-state index in [1.165, 1.54) is 12.1 Å². The van der Waals surface area contributed by atoms with Crippen LogP contribution in [0, 0.1) is 5.82 Å². The van der Waals surface area contributed by atoms with Crippen LogP contribution in [-0.4, -0.2) is 32.3 Å². The Morgan fingerprint density at radius 2 is 2.08 bits per heavy atom. The van der Waals surface area contributed by atoms with Crippen molar-refractivity contribution < 1.29 is 9.18 Å². The zero-order valence-electron chi connectivity index (χ0n) is 14.0. The highest BCUT2D eigenvalue weighted by atomic mass is 19.1. The fourth-order valence-corrected chi connectivity index (χ4v) is 3.86. The molecule has 4 aromatic rings. The van der Waals surface area contributed by atoms with E-state index < -0.39 is 0 Å². The molecular weight excluding hydrogens is 331 g/mol. The van der Waals surface area contributed by atoms with Crippen molar-refractivity contribution in [2.24, 2.45) is 0 Å². The summed E-state index contributed by atoms with van der Waals surface area (Å²) in [7, 11) is 0. The average molecular weight is 348 g/mol. The Kier molecular flexibility index (Phi) is 3.31. The largest absolute Gasteiger partial charge is 0.360 e. The van der Waals surface area contributed by atoms with E-state index in [0.29, 0.717) is 23.1 Å². The van der Waals surface area contributed by atoms with Crippen molar-refractivity contribution in [2.45, 2.75) is 18.9 Å². The second-order valence-corrected chi connectivity index (χ2v) is 6.69. The van der Waals surface area contributed by atoms with E-state index >= 15 is 0 Å². The van der Waals surface area contributed by atoms with Gasteiger partial charge in [-0.05, 0) is 37.1 Å². The van der Waals surface area contributed by atoms with E-state index in [1.807, 2.05) is 29.2 Å². The molecular formula is C20H17FN4O. The van der Waals surface area contributed by atoms with Gasteiger partial charge in [-0.1, -0.05) is 18.2 Å². The third-order valence-corrected chi connectivity index (χ3v) is 5.11.